The molecule has 1 unspecified atom stereocenters. The van der Waals surface area contributed by atoms with Gasteiger partial charge in [-0.15, -0.1) is 23.1 Å². The summed E-state index contributed by atoms with van der Waals surface area (Å²) in [5.41, 5.74) is 0. The average Bonchev–Trinajstić information content (AvgIpc) is 2.85. The second kappa shape index (κ2) is 6.34. The van der Waals surface area contributed by atoms with Gasteiger partial charge in [0.15, 0.2) is 0 Å². The molecule has 22 heavy (non-hydrogen) atoms. The Balaban J connectivity index is 2.37. The van der Waals surface area contributed by atoms with Crippen LogP contribution in [0.3, 0.4) is 0 Å². The van der Waals surface area contributed by atoms with Crippen LogP contribution in [-0.2, 0) is 10.8 Å². The minimum absolute atomic E-state index is 0.130. The van der Waals surface area contributed by atoms with E-state index in [0.717, 1.165) is 4.90 Å². The van der Waals surface area contributed by atoms with Gasteiger partial charge in [0.1, 0.15) is 0 Å². The molecule has 0 fully saturated rings. The Kier molecular flexibility index (Phi) is 4.62. The molecule has 2 aromatic carbocycles. The zero-order chi connectivity index (χ0) is 15.9. The Morgan fingerprint density at radius 3 is 2.23 bits per heavy atom. The van der Waals surface area contributed by atoms with Crippen molar-refractivity contribution in [2.75, 3.05) is 0 Å². The largest absolute Gasteiger partial charge is 0.254 e. The van der Waals surface area contributed by atoms with Crippen LogP contribution in [0.15, 0.2) is 46.2 Å². The van der Waals surface area contributed by atoms with Gasteiger partial charge in [-0.2, -0.15) is 0 Å². The van der Waals surface area contributed by atoms with Gasteiger partial charge in [0.25, 0.3) is 0 Å². The van der Waals surface area contributed by atoms with E-state index in [1.54, 1.807) is 11.3 Å². The molecule has 4 heteroatoms. The normalized spacial score (nSPS) is 13.5. The zero-order valence-electron chi connectivity index (χ0n) is 13.3. The minimum atomic E-state index is -0.968. The third-order valence-electron chi connectivity index (χ3n) is 3.45. The predicted octanol–water partition coefficient (Wildman–Crippen LogP) is 6.07. The van der Waals surface area contributed by atoms with Crippen LogP contribution in [0.2, 0.25) is 0 Å². The van der Waals surface area contributed by atoms with E-state index in [9.17, 15) is 4.21 Å². The number of hydrogen-bond acceptors (Lipinski definition) is 3. The number of thioether (sulfide) groups is 1. The summed E-state index contributed by atoms with van der Waals surface area (Å²) in [6, 6.07) is 12.7. The molecule has 0 aliphatic heterocycles. The van der Waals surface area contributed by atoms with Crippen molar-refractivity contribution >= 4 is 54.1 Å². The van der Waals surface area contributed by atoms with E-state index >= 15 is 0 Å². The maximum absolute atomic E-state index is 12.7. The SMILES string of the molecule is CC(C)Sc1cccc2sc3cccc(S(=O)C(C)C)c3c12. The summed E-state index contributed by atoms with van der Waals surface area (Å²) in [4.78, 5) is 2.28. The summed E-state index contributed by atoms with van der Waals surface area (Å²) >= 11 is 3.68. The van der Waals surface area contributed by atoms with Crippen molar-refractivity contribution in [1.29, 1.82) is 0 Å². The van der Waals surface area contributed by atoms with Gasteiger partial charge in [-0.25, -0.2) is 0 Å². The van der Waals surface area contributed by atoms with Crippen molar-refractivity contribution in [2.45, 2.75) is 48.0 Å². The fraction of sp³-hybridized carbons (Fsp3) is 0.333. The highest BCUT2D eigenvalue weighted by Gasteiger charge is 2.18. The highest BCUT2D eigenvalue weighted by molar-refractivity contribution is 8.00. The summed E-state index contributed by atoms with van der Waals surface area (Å²) in [6.45, 7) is 8.47. The van der Waals surface area contributed by atoms with Gasteiger partial charge in [0.05, 0.1) is 10.8 Å². The van der Waals surface area contributed by atoms with Crippen LogP contribution >= 0.6 is 23.1 Å². The number of hydrogen-bond donors (Lipinski definition) is 0. The van der Waals surface area contributed by atoms with Gasteiger partial charge in [0, 0.05) is 40.5 Å². The molecule has 0 amide bonds. The van der Waals surface area contributed by atoms with Gasteiger partial charge < -0.3 is 0 Å². The molecule has 1 heterocycles. The van der Waals surface area contributed by atoms with Crippen molar-refractivity contribution in [2.24, 2.45) is 0 Å². The van der Waals surface area contributed by atoms with Crippen LogP contribution < -0.4 is 0 Å². The van der Waals surface area contributed by atoms with Gasteiger partial charge in [-0.05, 0) is 24.3 Å². The van der Waals surface area contributed by atoms with Crippen LogP contribution in [0.4, 0.5) is 0 Å². The molecule has 0 saturated carbocycles. The Bertz CT molecular complexity index is 846. The molecule has 0 aliphatic carbocycles. The average molecular weight is 349 g/mol. The minimum Gasteiger partial charge on any atom is -0.254 e. The molecule has 0 saturated heterocycles. The van der Waals surface area contributed by atoms with E-state index in [1.165, 1.54) is 25.1 Å². The van der Waals surface area contributed by atoms with Crippen LogP contribution in [0.1, 0.15) is 27.7 Å². The third-order valence-corrected chi connectivity index (χ3v) is 7.27. The van der Waals surface area contributed by atoms with Crippen LogP contribution in [-0.4, -0.2) is 14.7 Å². The topological polar surface area (TPSA) is 17.1 Å². The van der Waals surface area contributed by atoms with E-state index in [4.69, 9.17) is 0 Å². The van der Waals surface area contributed by atoms with E-state index < -0.39 is 10.8 Å². The number of thiophene rings is 1. The molecule has 0 aliphatic rings. The molecule has 0 N–H and O–H groups in total. The van der Waals surface area contributed by atoms with Crippen molar-refractivity contribution in [3.8, 4) is 0 Å². The molecule has 116 valence electrons. The highest BCUT2D eigenvalue weighted by Crippen LogP contribution is 2.43. The summed E-state index contributed by atoms with van der Waals surface area (Å²) in [5, 5.41) is 3.14. The molecule has 1 nitrogen and oxygen atoms in total. The van der Waals surface area contributed by atoms with Crippen molar-refractivity contribution in [3.63, 3.8) is 0 Å². The number of benzene rings is 2. The fourth-order valence-corrected chi connectivity index (χ4v) is 5.99. The zero-order valence-corrected chi connectivity index (χ0v) is 15.7. The van der Waals surface area contributed by atoms with E-state index in [-0.39, 0.29) is 5.25 Å². The smallest absolute Gasteiger partial charge is 0.0562 e. The van der Waals surface area contributed by atoms with Crippen LogP contribution in [0, 0.1) is 0 Å². The first kappa shape index (κ1) is 16.0. The van der Waals surface area contributed by atoms with E-state index in [0.29, 0.717) is 5.25 Å². The monoisotopic (exact) mass is 348 g/mol. The molecule has 0 bridgehead atoms. The molecular formula is C18H20OS3. The lowest BCUT2D eigenvalue weighted by molar-refractivity contribution is 0.677. The second-order valence-electron chi connectivity index (χ2n) is 5.87. The molecular weight excluding hydrogens is 328 g/mol. The molecule has 3 aromatic rings. The number of rotatable bonds is 4. The summed E-state index contributed by atoms with van der Waals surface area (Å²) < 4.78 is 15.3. The molecule has 3 rings (SSSR count). The standard InChI is InChI=1S/C18H20OS3/c1-11(2)20-13-7-5-8-14-17(13)18-15(21-14)9-6-10-16(18)22(19)12(3)4/h5-12H,1-4H3. The first-order valence-corrected chi connectivity index (χ1v) is 10.4. The van der Waals surface area contributed by atoms with Crippen LogP contribution in [0.5, 0.6) is 0 Å². The Labute approximate surface area is 142 Å². The molecule has 1 atom stereocenters. The van der Waals surface area contributed by atoms with Gasteiger partial charge in [-0.1, -0.05) is 39.8 Å². The van der Waals surface area contributed by atoms with Gasteiger partial charge in [0.2, 0.25) is 0 Å². The van der Waals surface area contributed by atoms with E-state index in [1.807, 2.05) is 37.7 Å². The second-order valence-corrected chi connectivity index (χ2v) is 10.6. The maximum atomic E-state index is 12.7. The summed E-state index contributed by atoms with van der Waals surface area (Å²) in [5.74, 6) is 0. The quantitative estimate of drug-likeness (QED) is 0.532. The van der Waals surface area contributed by atoms with Crippen molar-refractivity contribution < 1.29 is 4.21 Å². The first-order valence-electron chi connectivity index (χ1n) is 7.50. The highest BCUT2D eigenvalue weighted by atomic mass is 32.2. The molecule has 1 aromatic heterocycles. The maximum Gasteiger partial charge on any atom is 0.0562 e. The van der Waals surface area contributed by atoms with Gasteiger partial charge in [-0.3, -0.25) is 4.21 Å². The number of fused-ring (bicyclic) bond motifs is 3. The lowest BCUT2D eigenvalue weighted by Crippen LogP contribution is -2.05. The summed E-state index contributed by atoms with van der Waals surface area (Å²) in [7, 11) is -0.968. The lowest BCUT2D eigenvalue weighted by Gasteiger charge is -2.10. The van der Waals surface area contributed by atoms with Crippen molar-refractivity contribution in [1.82, 2.24) is 0 Å². The Morgan fingerprint density at radius 1 is 0.955 bits per heavy atom. The Morgan fingerprint density at radius 2 is 1.59 bits per heavy atom. The molecule has 0 spiro atoms. The molecule has 0 radical (unpaired) electrons. The summed E-state index contributed by atoms with van der Waals surface area (Å²) in [6.07, 6.45) is 0. The Hall–Kier alpha value is -0.840. The third kappa shape index (κ3) is 2.84. The lowest BCUT2D eigenvalue weighted by atomic mass is 10.1. The fourth-order valence-electron chi connectivity index (χ4n) is 2.58. The first-order chi connectivity index (χ1) is 10.5. The van der Waals surface area contributed by atoms with Crippen LogP contribution in [0.25, 0.3) is 20.2 Å². The van der Waals surface area contributed by atoms with Gasteiger partial charge >= 0.3 is 0 Å². The van der Waals surface area contributed by atoms with E-state index in [2.05, 4.69) is 38.1 Å². The predicted molar refractivity (Wildman–Crippen MR) is 102 cm³/mol. The van der Waals surface area contributed by atoms with Crippen molar-refractivity contribution in [3.05, 3.63) is 36.4 Å².